The molecule has 1 aromatic rings. The van der Waals surface area contributed by atoms with E-state index < -0.39 is 5.60 Å². The average molecular weight is 223 g/mol. The topological polar surface area (TPSA) is 58.2 Å². The lowest BCUT2D eigenvalue weighted by Gasteiger charge is -2.40. The summed E-state index contributed by atoms with van der Waals surface area (Å²) in [5.41, 5.74) is 0.530. The van der Waals surface area contributed by atoms with Crippen molar-refractivity contribution in [3.63, 3.8) is 0 Å². The smallest absolute Gasteiger partial charge is 0.410 e. The monoisotopic (exact) mass is 223 g/mol. The van der Waals surface area contributed by atoms with Crippen molar-refractivity contribution in [2.45, 2.75) is 38.8 Å². The van der Waals surface area contributed by atoms with Gasteiger partial charge in [-0.15, -0.1) is 0 Å². The number of aromatic nitrogens is 2. The largest absolute Gasteiger partial charge is 0.444 e. The minimum Gasteiger partial charge on any atom is -0.444 e. The van der Waals surface area contributed by atoms with Crippen LogP contribution in [-0.4, -0.2) is 33.3 Å². The van der Waals surface area contributed by atoms with Gasteiger partial charge < -0.3 is 4.74 Å². The Morgan fingerprint density at radius 3 is 2.81 bits per heavy atom. The fraction of sp³-hybridized carbons (Fsp3) is 0.636. The van der Waals surface area contributed by atoms with E-state index in [1.165, 1.54) is 0 Å². The van der Waals surface area contributed by atoms with Gasteiger partial charge >= 0.3 is 6.09 Å². The van der Waals surface area contributed by atoms with Gasteiger partial charge in [-0.1, -0.05) is 0 Å². The van der Waals surface area contributed by atoms with E-state index >= 15 is 0 Å². The summed E-state index contributed by atoms with van der Waals surface area (Å²) in [6, 6.07) is 1.98. The quantitative estimate of drug-likeness (QED) is 0.793. The van der Waals surface area contributed by atoms with Crippen LogP contribution in [0.2, 0.25) is 0 Å². The van der Waals surface area contributed by atoms with E-state index in [1.54, 1.807) is 11.1 Å². The van der Waals surface area contributed by atoms with Gasteiger partial charge in [0.05, 0.1) is 11.7 Å². The molecule has 2 heterocycles. The summed E-state index contributed by atoms with van der Waals surface area (Å²) >= 11 is 0. The van der Waals surface area contributed by atoms with Gasteiger partial charge in [-0.05, 0) is 33.3 Å². The lowest BCUT2D eigenvalue weighted by molar-refractivity contribution is -0.00652. The van der Waals surface area contributed by atoms with Crippen LogP contribution in [0.5, 0.6) is 0 Å². The summed E-state index contributed by atoms with van der Waals surface area (Å²) in [5, 5.41) is 6.78. The number of H-pyrrole nitrogens is 1. The highest BCUT2D eigenvalue weighted by Crippen LogP contribution is 2.32. The van der Waals surface area contributed by atoms with Gasteiger partial charge in [-0.25, -0.2) is 4.79 Å². The molecule has 0 saturated carbocycles. The third-order valence-corrected chi connectivity index (χ3v) is 2.53. The lowest BCUT2D eigenvalue weighted by atomic mass is 10.0. The first-order valence-corrected chi connectivity index (χ1v) is 5.46. The summed E-state index contributed by atoms with van der Waals surface area (Å²) < 4.78 is 5.32. The number of amides is 1. The molecule has 1 saturated heterocycles. The van der Waals surface area contributed by atoms with Crippen molar-refractivity contribution in [3.05, 3.63) is 18.0 Å². The molecule has 1 aliphatic rings. The van der Waals surface area contributed by atoms with Crippen LogP contribution in [-0.2, 0) is 4.74 Å². The minimum absolute atomic E-state index is 0.0948. The number of aromatic amines is 1. The van der Waals surface area contributed by atoms with Gasteiger partial charge in [0.15, 0.2) is 0 Å². The van der Waals surface area contributed by atoms with Gasteiger partial charge in [-0.2, -0.15) is 5.10 Å². The zero-order chi connectivity index (χ0) is 11.8. The van der Waals surface area contributed by atoms with Crippen LogP contribution in [0, 0.1) is 0 Å². The normalized spacial score (nSPS) is 20.4. The van der Waals surface area contributed by atoms with Crippen molar-refractivity contribution >= 4 is 6.09 Å². The van der Waals surface area contributed by atoms with Crippen LogP contribution in [0.25, 0.3) is 0 Å². The number of carbonyl (C=O) groups is 1. The molecule has 0 radical (unpaired) electrons. The molecule has 1 atom stereocenters. The maximum Gasteiger partial charge on any atom is 0.410 e. The van der Waals surface area contributed by atoms with Crippen LogP contribution in [0.3, 0.4) is 0 Å². The molecule has 1 amide bonds. The Kier molecular flexibility index (Phi) is 2.61. The first-order valence-electron chi connectivity index (χ1n) is 5.46. The highest BCUT2D eigenvalue weighted by atomic mass is 16.6. The molecular weight excluding hydrogens is 206 g/mol. The van der Waals surface area contributed by atoms with E-state index in [9.17, 15) is 4.79 Å². The summed E-state index contributed by atoms with van der Waals surface area (Å²) in [7, 11) is 0. The number of likely N-dealkylation sites (tertiary alicyclic amines) is 1. The van der Waals surface area contributed by atoms with E-state index in [2.05, 4.69) is 10.2 Å². The number of nitrogens with zero attached hydrogens (tertiary/aromatic N) is 2. The van der Waals surface area contributed by atoms with Crippen LogP contribution in [0.1, 0.15) is 38.9 Å². The van der Waals surface area contributed by atoms with Crippen LogP contribution in [0.15, 0.2) is 12.3 Å². The molecule has 1 N–H and O–H groups in total. The molecule has 2 rings (SSSR count). The molecule has 0 bridgehead atoms. The Morgan fingerprint density at radius 2 is 2.38 bits per heavy atom. The molecule has 5 nitrogen and oxygen atoms in total. The molecule has 1 unspecified atom stereocenters. The lowest BCUT2D eigenvalue weighted by Crippen LogP contribution is -2.47. The second kappa shape index (κ2) is 3.81. The van der Waals surface area contributed by atoms with Crippen LogP contribution in [0.4, 0.5) is 4.79 Å². The van der Waals surface area contributed by atoms with Crippen molar-refractivity contribution in [3.8, 4) is 0 Å². The van der Waals surface area contributed by atoms with Crippen molar-refractivity contribution in [2.24, 2.45) is 0 Å². The van der Waals surface area contributed by atoms with Crippen molar-refractivity contribution in [1.82, 2.24) is 15.1 Å². The molecule has 0 aliphatic carbocycles. The van der Waals surface area contributed by atoms with Crippen molar-refractivity contribution in [1.29, 1.82) is 0 Å². The Hall–Kier alpha value is -1.52. The zero-order valence-corrected chi connectivity index (χ0v) is 9.86. The summed E-state index contributed by atoms with van der Waals surface area (Å²) in [6.45, 7) is 6.36. The maximum atomic E-state index is 11.8. The number of rotatable bonds is 1. The van der Waals surface area contributed by atoms with Gasteiger partial charge in [0.1, 0.15) is 5.60 Å². The van der Waals surface area contributed by atoms with E-state index in [4.69, 9.17) is 4.74 Å². The highest BCUT2D eigenvalue weighted by molar-refractivity contribution is 5.69. The molecule has 0 spiro atoms. The van der Waals surface area contributed by atoms with Crippen LogP contribution >= 0.6 is 0 Å². The fourth-order valence-corrected chi connectivity index (χ4v) is 1.70. The van der Waals surface area contributed by atoms with Crippen molar-refractivity contribution in [2.75, 3.05) is 6.54 Å². The third kappa shape index (κ3) is 2.18. The summed E-state index contributed by atoms with van der Waals surface area (Å²) in [4.78, 5) is 13.5. The van der Waals surface area contributed by atoms with E-state index in [0.717, 1.165) is 18.7 Å². The second-order valence-electron chi connectivity index (χ2n) is 4.99. The molecule has 0 aromatic carbocycles. The minimum atomic E-state index is -0.439. The van der Waals surface area contributed by atoms with Gasteiger partial charge in [-0.3, -0.25) is 10.00 Å². The number of carbonyl (C=O) groups excluding carboxylic acids is 1. The predicted octanol–water partition coefficient (Wildman–Crippen LogP) is 2.09. The molecule has 5 heteroatoms. The summed E-state index contributed by atoms with van der Waals surface area (Å²) in [6.07, 6.45) is 2.40. The Morgan fingerprint density at radius 1 is 1.62 bits per heavy atom. The molecule has 1 aromatic heterocycles. The number of hydrogen-bond donors (Lipinski definition) is 1. The van der Waals surface area contributed by atoms with E-state index in [-0.39, 0.29) is 12.1 Å². The molecule has 88 valence electrons. The maximum absolute atomic E-state index is 11.8. The fourth-order valence-electron chi connectivity index (χ4n) is 1.70. The van der Waals surface area contributed by atoms with E-state index in [1.807, 2.05) is 26.8 Å². The Labute approximate surface area is 94.8 Å². The highest BCUT2D eigenvalue weighted by Gasteiger charge is 2.36. The average Bonchev–Trinajstić information content (AvgIpc) is 2.50. The van der Waals surface area contributed by atoms with Gasteiger partial charge in [0.25, 0.3) is 0 Å². The standard InChI is InChI=1S/C11H17N3O2/c1-11(2,3)16-10(15)14-7-5-9(14)8-4-6-12-13-8/h4,6,9H,5,7H2,1-3H3,(H,12,13). The van der Waals surface area contributed by atoms with Crippen molar-refractivity contribution < 1.29 is 9.53 Å². The van der Waals surface area contributed by atoms with Gasteiger partial charge in [0.2, 0.25) is 0 Å². The van der Waals surface area contributed by atoms with E-state index in [0.29, 0.717) is 0 Å². The number of nitrogens with one attached hydrogen (secondary N) is 1. The zero-order valence-electron chi connectivity index (χ0n) is 9.86. The summed E-state index contributed by atoms with van der Waals surface area (Å²) in [5.74, 6) is 0. The number of ether oxygens (including phenoxy) is 1. The molecule has 16 heavy (non-hydrogen) atoms. The number of hydrogen-bond acceptors (Lipinski definition) is 3. The molecule has 1 aliphatic heterocycles. The van der Waals surface area contributed by atoms with Gasteiger partial charge in [0, 0.05) is 12.7 Å². The second-order valence-corrected chi connectivity index (χ2v) is 4.99. The molecular formula is C11H17N3O2. The first kappa shape index (κ1) is 11.0. The Balaban J connectivity index is 1.99. The Bertz CT molecular complexity index is 367. The molecule has 1 fully saturated rings. The SMILES string of the molecule is CC(C)(C)OC(=O)N1CCC1c1ccn[nH]1. The predicted molar refractivity (Wildman–Crippen MR) is 58.9 cm³/mol. The third-order valence-electron chi connectivity index (χ3n) is 2.53. The first-order chi connectivity index (χ1) is 7.47. The van der Waals surface area contributed by atoms with Crippen LogP contribution < -0.4 is 0 Å².